The van der Waals surface area contributed by atoms with E-state index in [9.17, 15) is 0 Å². The first-order chi connectivity index (χ1) is 5.42. The Bertz CT molecular complexity index is 124. The second-order valence-corrected chi connectivity index (χ2v) is 4.49. The van der Waals surface area contributed by atoms with Gasteiger partial charge >= 0.3 is 0 Å². The maximum atomic E-state index is 2.31. The summed E-state index contributed by atoms with van der Waals surface area (Å²) in [6.07, 6.45) is 10.7. The van der Waals surface area contributed by atoms with Crippen molar-refractivity contribution in [2.75, 3.05) is 0 Å². The van der Waals surface area contributed by atoms with E-state index in [-0.39, 0.29) is 0 Å². The van der Waals surface area contributed by atoms with Gasteiger partial charge in [-0.25, -0.2) is 0 Å². The van der Waals surface area contributed by atoms with Crippen LogP contribution in [0.4, 0.5) is 0 Å². The van der Waals surface area contributed by atoms with Gasteiger partial charge in [0.2, 0.25) is 0 Å². The molecule has 2 fully saturated rings. The van der Waals surface area contributed by atoms with Crippen LogP contribution >= 0.6 is 0 Å². The number of hydrogen-bond donors (Lipinski definition) is 0. The molecule has 0 bridgehead atoms. The normalized spacial score (nSPS) is 36.8. The van der Waals surface area contributed by atoms with E-state index in [1.165, 1.54) is 43.4 Å². The monoisotopic (exact) mass is 152 g/mol. The molecule has 2 aliphatic rings. The van der Waals surface area contributed by atoms with Crippen LogP contribution in [-0.2, 0) is 0 Å². The molecule has 0 amide bonds. The van der Waals surface area contributed by atoms with Crippen molar-refractivity contribution in [3.05, 3.63) is 0 Å². The molecule has 0 heteroatoms. The van der Waals surface area contributed by atoms with Crippen LogP contribution in [0.25, 0.3) is 0 Å². The summed E-state index contributed by atoms with van der Waals surface area (Å²) in [4.78, 5) is 0. The van der Waals surface area contributed by atoms with E-state index in [2.05, 4.69) is 6.92 Å². The highest BCUT2D eigenvalue weighted by Crippen LogP contribution is 2.53. The summed E-state index contributed by atoms with van der Waals surface area (Å²) >= 11 is 0. The zero-order chi connectivity index (χ0) is 7.68. The molecule has 0 aliphatic heterocycles. The predicted octanol–water partition coefficient (Wildman–Crippen LogP) is 3.61. The molecule has 0 radical (unpaired) electrons. The first-order valence-electron chi connectivity index (χ1n) is 5.42. The minimum Gasteiger partial charge on any atom is -0.0654 e. The molecule has 0 aromatic rings. The number of rotatable bonds is 4. The van der Waals surface area contributed by atoms with Crippen molar-refractivity contribution in [1.29, 1.82) is 0 Å². The van der Waals surface area contributed by atoms with E-state index in [1.807, 2.05) is 0 Å². The van der Waals surface area contributed by atoms with Crippen molar-refractivity contribution in [3.63, 3.8) is 0 Å². The van der Waals surface area contributed by atoms with Crippen LogP contribution in [0.2, 0.25) is 0 Å². The van der Waals surface area contributed by atoms with Gasteiger partial charge in [-0.2, -0.15) is 0 Å². The lowest BCUT2D eigenvalue weighted by Crippen LogP contribution is -2.13. The highest BCUT2D eigenvalue weighted by Gasteiger charge is 2.43. The Kier molecular flexibility index (Phi) is 2.20. The van der Waals surface area contributed by atoms with Crippen LogP contribution in [0.5, 0.6) is 0 Å². The van der Waals surface area contributed by atoms with Gasteiger partial charge in [-0.05, 0) is 24.2 Å². The zero-order valence-corrected chi connectivity index (χ0v) is 7.68. The summed E-state index contributed by atoms with van der Waals surface area (Å²) in [5.74, 6) is 3.53. The Morgan fingerprint density at radius 3 is 2.64 bits per heavy atom. The Morgan fingerprint density at radius 2 is 2.09 bits per heavy atom. The third kappa shape index (κ3) is 1.60. The second-order valence-electron chi connectivity index (χ2n) is 4.49. The van der Waals surface area contributed by atoms with Crippen molar-refractivity contribution >= 4 is 0 Å². The van der Waals surface area contributed by atoms with Gasteiger partial charge in [0.05, 0.1) is 0 Å². The summed E-state index contributed by atoms with van der Waals surface area (Å²) < 4.78 is 0. The molecular weight excluding hydrogens is 132 g/mol. The van der Waals surface area contributed by atoms with Gasteiger partial charge in [0.15, 0.2) is 0 Å². The molecule has 11 heavy (non-hydrogen) atoms. The van der Waals surface area contributed by atoms with Crippen molar-refractivity contribution in [2.45, 2.75) is 51.9 Å². The summed E-state index contributed by atoms with van der Waals surface area (Å²) in [5, 5.41) is 0. The average Bonchev–Trinajstić information content (AvgIpc) is 2.60. The van der Waals surface area contributed by atoms with Crippen LogP contribution in [0.15, 0.2) is 0 Å². The van der Waals surface area contributed by atoms with Gasteiger partial charge in [0.25, 0.3) is 0 Å². The van der Waals surface area contributed by atoms with Gasteiger partial charge in [-0.1, -0.05) is 45.4 Å². The quantitative estimate of drug-likeness (QED) is 0.577. The molecular formula is C11H20. The van der Waals surface area contributed by atoms with Gasteiger partial charge in [0, 0.05) is 0 Å². The molecule has 0 spiro atoms. The Balaban J connectivity index is 1.61. The van der Waals surface area contributed by atoms with Crippen molar-refractivity contribution in [2.24, 2.45) is 17.8 Å². The van der Waals surface area contributed by atoms with E-state index >= 15 is 0 Å². The SMILES string of the molecule is CCCCC1CC1C1CCC1. The molecule has 2 rings (SSSR count). The van der Waals surface area contributed by atoms with Crippen molar-refractivity contribution in [3.8, 4) is 0 Å². The van der Waals surface area contributed by atoms with E-state index < -0.39 is 0 Å². The lowest BCUT2D eigenvalue weighted by Gasteiger charge is -2.25. The van der Waals surface area contributed by atoms with Gasteiger partial charge < -0.3 is 0 Å². The van der Waals surface area contributed by atoms with Crippen LogP contribution in [-0.4, -0.2) is 0 Å². The van der Waals surface area contributed by atoms with Crippen molar-refractivity contribution < 1.29 is 0 Å². The van der Waals surface area contributed by atoms with Crippen LogP contribution in [0.1, 0.15) is 51.9 Å². The lowest BCUT2D eigenvalue weighted by molar-refractivity contribution is 0.263. The molecule has 2 atom stereocenters. The molecule has 0 nitrogen and oxygen atoms in total. The first kappa shape index (κ1) is 7.64. The standard InChI is InChI=1S/C11H20/c1-2-3-5-10-8-11(10)9-6-4-7-9/h9-11H,2-8H2,1H3. The average molecular weight is 152 g/mol. The molecule has 2 aliphatic carbocycles. The fourth-order valence-electron chi connectivity index (χ4n) is 2.51. The highest BCUT2D eigenvalue weighted by atomic mass is 14.5. The van der Waals surface area contributed by atoms with Gasteiger partial charge in [-0.3, -0.25) is 0 Å². The largest absolute Gasteiger partial charge is 0.0654 e. The summed E-state index contributed by atoms with van der Waals surface area (Å²) in [5.41, 5.74) is 0. The van der Waals surface area contributed by atoms with Gasteiger partial charge in [-0.15, -0.1) is 0 Å². The highest BCUT2D eigenvalue weighted by molar-refractivity contribution is 4.93. The molecule has 0 aromatic carbocycles. The van der Waals surface area contributed by atoms with E-state index in [0.29, 0.717) is 0 Å². The molecule has 64 valence electrons. The Hall–Kier alpha value is 0. The van der Waals surface area contributed by atoms with E-state index in [4.69, 9.17) is 0 Å². The number of hydrogen-bond acceptors (Lipinski definition) is 0. The van der Waals surface area contributed by atoms with Crippen LogP contribution in [0, 0.1) is 17.8 Å². The van der Waals surface area contributed by atoms with E-state index in [0.717, 1.165) is 0 Å². The first-order valence-corrected chi connectivity index (χ1v) is 5.42. The Labute approximate surface area is 70.4 Å². The van der Waals surface area contributed by atoms with Crippen LogP contribution in [0.3, 0.4) is 0 Å². The topological polar surface area (TPSA) is 0 Å². The maximum Gasteiger partial charge on any atom is -0.0355 e. The van der Waals surface area contributed by atoms with Crippen LogP contribution < -0.4 is 0 Å². The molecule has 0 aromatic heterocycles. The predicted molar refractivity (Wildman–Crippen MR) is 48.5 cm³/mol. The fourth-order valence-corrected chi connectivity index (χ4v) is 2.51. The fraction of sp³-hybridized carbons (Fsp3) is 1.00. The molecule has 0 N–H and O–H groups in total. The maximum absolute atomic E-state index is 2.31. The summed E-state index contributed by atoms with van der Waals surface area (Å²) in [7, 11) is 0. The molecule has 0 heterocycles. The Morgan fingerprint density at radius 1 is 1.27 bits per heavy atom. The third-order valence-electron chi connectivity index (χ3n) is 3.66. The zero-order valence-electron chi connectivity index (χ0n) is 7.68. The third-order valence-corrected chi connectivity index (χ3v) is 3.66. The molecule has 2 unspecified atom stereocenters. The summed E-state index contributed by atoms with van der Waals surface area (Å²) in [6.45, 7) is 2.31. The number of unbranched alkanes of at least 4 members (excludes halogenated alkanes) is 1. The summed E-state index contributed by atoms with van der Waals surface area (Å²) in [6, 6.07) is 0. The van der Waals surface area contributed by atoms with E-state index in [1.54, 1.807) is 19.3 Å². The molecule has 0 saturated heterocycles. The van der Waals surface area contributed by atoms with Crippen molar-refractivity contribution in [1.82, 2.24) is 0 Å². The minimum atomic E-state index is 1.17. The van der Waals surface area contributed by atoms with Gasteiger partial charge in [0.1, 0.15) is 0 Å². The molecule has 2 saturated carbocycles. The second kappa shape index (κ2) is 3.16. The lowest BCUT2D eigenvalue weighted by atomic mass is 9.80. The minimum absolute atomic E-state index is 1.17. The smallest absolute Gasteiger partial charge is 0.0355 e.